The van der Waals surface area contributed by atoms with Crippen molar-refractivity contribution in [2.75, 3.05) is 45.8 Å². The van der Waals surface area contributed by atoms with Crippen molar-refractivity contribution in [3.8, 4) is 0 Å². The summed E-state index contributed by atoms with van der Waals surface area (Å²) in [6, 6.07) is 0. The fraction of sp³-hybridized carbons (Fsp3) is 0.583. The number of halogens is 1. The summed E-state index contributed by atoms with van der Waals surface area (Å²) in [5.74, 6) is -0.566. The topological polar surface area (TPSA) is 94.5 Å². The molecule has 0 radical (unpaired) electrons. The van der Waals surface area contributed by atoms with Gasteiger partial charge in [0.1, 0.15) is 11.6 Å². The van der Waals surface area contributed by atoms with Gasteiger partial charge in [0.15, 0.2) is 0 Å². The van der Waals surface area contributed by atoms with E-state index in [1.54, 1.807) is 7.11 Å². The van der Waals surface area contributed by atoms with Crippen LogP contribution in [0.2, 0.25) is 5.02 Å². The van der Waals surface area contributed by atoms with E-state index in [1.165, 1.54) is 13.3 Å². The number of nitrogens with zero attached hydrogens (tertiary/aromatic N) is 2. The molecule has 0 unspecified atom stereocenters. The molecule has 1 rings (SSSR count). The van der Waals surface area contributed by atoms with E-state index in [9.17, 15) is 9.59 Å². The Bertz CT molecular complexity index is 520. The molecule has 0 aliphatic rings. The predicted octanol–water partition coefficient (Wildman–Crippen LogP) is -0.282. The lowest BCUT2D eigenvalue weighted by Gasteiger charge is -2.10. The van der Waals surface area contributed by atoms with Gasteiger partial charge in [-0.2, -0.15) is 5.10 Å². The number of carbonyl (C=O) groups excluding carboxylic acids is 1. The summed E-state index contributed by atoms with van der Waals surface area (Å²) in [6.07, 6.45) is 1.40. The molecule has 0 bridgehead atoms. The zero-order valence-corrected chi connectivity index (χ0v) is 12.8. The first-order valence-corrected chi connectivity index (χ1v) is 6.74. The predicted molar refractivity (Wildman–Crippen MR) is 78.8 cm³/mol. The molecule has 21 heavy (non-hydrogen) atoms. The Morgan fingerprint density at radius 3 is 2.81 bits per heavy atom. The standard InChI is InChI=1S/C12H19ClN4O4/c1-20-6-5-14-3-4-15-9-7-16-17(8-10(18)21-2)12(19)11(9)13/h7,14-15H,3-6,8H2,1-2H3. The van der Waals surface area contributed by atoms with Crippen molar-refractivity contribution in [2.45, 2.75) is 6.54 Å². The van der Waals surface area contributed by atoms with E-state index in [-0.39, 0.29) is 11.6 Å². The van der Waals surface area contributed by atoms with Crippen molar-refractivity contribution in [3.63, 3.8) is 0 Å². The van der Waals surface area contributed by atoms with Crippen molar-refractivity contribution >= 4 is 23.3 Å². The van der Waals surface area contributed by atoms with Gasteiger partial charge in [-0.25, -0.2) is 4.68 Å². The van der Waals surface area contributed by atoms with Gasteiger partial charge < -0.3 is 20.1 Å². The molecule has 118 valence electrons. The number of anilines is 1. The minimum Gasteiger partial charge on any atom is -0.468 e. The molecule has 0 amide bonds. The number of aromatic nitrogens is 2. The van der Waals surface area contributed by atoms with Crippen molar-refractivity contribution in [1.29, 1.82) is 0 Å². The molecule has 0 aromatic carbocycles. The Hall–Kier alpha value is -1.64. The number of carbonyl (C=O) groups is 1. The van der Waals surface area contributed by atoms with Crippen molar-refractivity contribution in [3.05, 3.63) is 21.6 Å². The lowest BCUT2D eigenvalue weighted by atomic mass is 10.4. The highest BCUT2D eigenvalue weighted by Crippen LogP contribution is 2.14. The van der Waals surface area contributed by atoms with Crippen LogP contribution in [0.1, 0.15) is 0 Å². The summed E-state index contributed by atoms with van der Waals surface area (Å²) in [6.45, 7) is 2.36. The van der Waals surface area contributed by atoms with Gasteiger partial charge in [0, 0.05) is 26.7 Å². The van der Waals surface area contributed by atoms with E-state index in [2.05, 4.69) is 20.5 Å². The summed E-state index contributed by atoms with van der Waals surface area (Å²) in [5.41, 5.74) is -0.115. The Morgan fingerprint density at radius 2 is 2.14 bits per heavy atom. The van der Waals surface area contributed by atoms with Crippen molar-refractivity contribution in [1.82, 2.24) is 15.1 Å². The van der Waals surface area contributed by atoms with Gasteiger partial charge in [0.05, 0.1) is 25.6 Å². The van der Waals surface area contributed by atoms with Gasteiger partial charge in [-0.05, 0) is 0 Å². The van der Waals surface area contributed by atoms with Gasteiger partial charge in [-0.3, -0.25) is 9.59 Å². The number of hydrogen-bond acceptors (Lipinski definition) is 7. The second-order valence-corrected chi connectivity index (χ2v) is 4.46. The van der Waals surface area contributed by atoms with Crippen LogP contribution >= 0.6 is 11.6 Å². The molecule has 0 fully saturated rings. The average Bonchev–Trinajstić information content (AvgIpc) is 2.49. The quantitative estimate of drug-likeness (QED) is 0.477. The summed E-state index contributed by atoms with van der Waals surface area (Å²) in [5, 5.41) is 10.0. The zero-order valence-electron chi connectivity index (χ0n) is 12.0. The van der Waals surface area contributed by atoms with Crippen LogP contribution in [0.5, 0.6) is 0 Å². The first kappa shape index (κ1) is 17.4. The molecule has 0 atom stereocenters. The fourth-order valence-electron chi connectivity index (χ4n) is 1.47. The van der Waals surface area contributed by atoms with Crippen LogP contribution in [0.15, 0.2) is 11.0 Å². The number of nitrogens with one attached hydrogen (secondary N) is 2. The second-order valence-electron chi connectivity index (χ2n) is 4.08. The number of rotatable bonds is 9. The van der Waals surface area contributed by atoms with Crippen LogP contribution in [0, 0.1) is 0 Å². The average molecular weight is 319 g/mol. The third-order valence-corrected chi connectivity index (χ3v) is 2.96. The molecule has 0 spiro atoms. The molecule has 2 N–H and O–H groups in total. The van der Waals surface area contributed by atoms with E-state index in [4.69, 9.17) is 16.3 Å². The Kier molecular flexibility index (Phi) is 7.73. The maximum Gasteiger partial charge on any atom is 0.327 e. The molecule has 1 aromatic heterocycles. The maximum atomic E-state index is 11.9. The van der Waals surface area contributed by atoms with E-state index in [0.717, 1.165) is 11.2 Å². The van der Waals surface area contributed by atoms with Gasteiger partial charge in [-0.15, -0.1) is 0 Å². The Balaban J connectivity index is 2.55. The Labute approximate surface area is 127 Å². The largest absolute Gasteiger partial charge is 0.468 e. The van der Waals surface area contributed by atoms with Gasteiger partial charge in [0.2, 0.25) is 0 Å². The molecular formula is C12H19ClN4O4. The van der Waals surface area contributed by atoms with Crippen LogP contribution in [0.3, 0.4) is 0 Å². The fourth-order valence-corrected chi connectivity index (χ4v) is 1.69. The lowest BCUT2D eigenvalue weighted by Crippen LogP contribution is -2.29. The molecular weight excluding hydrogens is 300 g/mol. The molecule has 0 aliphatic heterocycles. The second kappa shape index (κ2) is 9.32. The summed E-state index contributed by atoms with van der Waals surface area (Å²) < 4.78 is 10.3. The van der Waals surface area contributed by atoms with Gasteiger partial charge >= 0.3 is 5.97 Å². The zero-order chi connectivity index (χ0) is 15.7. The van der Waals surface area contributed by atoms with Crippen molar-refractivity contribution in [2.24, 2.45) is 0 Å². The number of hydrogen-bond donors (Lipinski definition) is 2. The third kappa shape index (κ3) is 5.70. The highest BCUT2D eigenvalue weighted by atomic mass is 35.5. The molecule has 1 aromatic rings. The van der Waals surface area contributed by atoms with E-state index < -0.39 is 11.5 Å². The normalized spacial score (nSPS) is 10.4. The number of ether oxygens (including phenoxy) is 2. The molecule has 1 heterocycles. The number of esters is 1. The molecule has 8 nitrogen and oxygen atoms in total. The van der Waals surface area contributed by atoms with E-state index >= 15 is 0 Å². The smallest absolute Gasteiger partial charge is 0.327 e. The van der Waals surface area contributed by atoms with Gasteiger partial charge in [0.25, 0.3) is 5.56 Å². The summed E-state index contributed by atoms with van der Waals surface area (Å²) in [4.78, 5) is 23.0. The molecule has 9 heteroatoms. The maximum absolute atomic E-state index is 11.9. The van der Waals surface area contributed by atoms with Crippen LogP contribution in [0.25, 0.3) is 0 Å². The summed E-state index contributed by atoms with van der Waals surface area (Å²) >= 11 is 5.96. The SMILES string of the molecule is COCCNCCNc1cnn(CC(=O)OC)c(=O)c1Cl. The minimum atomic E-state index is -0.566. The first-order valence-electron chi connectivity index (χ1n) is 6.36. The van der Waals surface area contributed by atoms with Crippen LogP contribution < -0.4 is 16.2 Å². The Morgan fingerprint density at radius 1 is 1.38 bits per heavy atom. The number of methoxy groups -OCH3 is 2. The molecule has 0 aliphatic carbocycles. The highest BCUT2D eigenvalue weighted by molar-refractivity contribution is 6.32. The lowest BCUT2D eigenvalue weighted by molar-refractivity contribution is -0.141. The minimum absolute atomic E-state index is 0.00852. The van der Waals surface area contributed by atoms with Crippen molar-refractivity contribution < 1.29 is 14.3 Å². The molecule has 0 saturated carbocycles. The monoisotopic (exact) mass is 318 g/mol. The van der Waals surface area contributed by atoms with E-state index in [1.807, 2.05) is 0 Å². The van der Waals surface area contributed by atoms with Crippen LogP contribution in [-0.4, -0.2) is 56.2 Å². The van der Waals surface area contributed by atoms with Crippen LogP contribution in [-0.2, 0) is 20.8 Å². The first-order chi connectivity index (χ1) is 10.1. The summed E-state index contributed by atoms with van der Waals surface area (Å²) in [7, 11) is 2.87. The third-order valence-electron chi connectivity index (χ3n) is 2.59. The molecule has 0 saturated heterocycles. The highest BCUT2D eigenvalue weighted by Gasteiger charge is 2.11. The van der Waals surface area contributed by atoms with Crippen LogP contribution in [0.4, 0.5) is 5.69 Å². The van der Waals surface area contributed by atoms with Gasteiger partial charge in [-0.1, -0.05) is 11.6 Å². The van der Waals surface area contributed by atoms with E-state index in [0.29, 0.717) is 25.4 Å².